The molecule has 0 unspecified atom stereocenters. The molecule has 30 heavy (non-hydrogen) atoms. The molecule has 0 bridgehead atoms. The number of halogens is 1. The summed E-state index contributed by atoms with van der Waals surface area (Å²) in [6.45, 7) is 2.66. The monoisotopic (exact) mass is 444 g/mol. The van der Waals surface area contributed by atoms with Gasteiger partial charge in [0.2, 0.25) is 0 Å². The van der Waals surface area contributed by atoms with Crippen LogP contribution in [-0.4, -0.2) is 39.1 Å². The largest absolute Gasteiger partial charge is 0.478 e. The molecule has 154 valence electrons. The van der Waals surface area contributed by atoms with Crippen molar-refractivity contribution in [1.29, 1.82) is 0 Å². The highest BCUT2D eigenvalue weighted by molar-refractivity contribution is 7.99. The van der Waals surface area contributed by atoms with E-state index in [9.17, 15) is 9.59 Å². The van der Waals surface area contributed by atoms with Gasteiger partial charge in [-0.3, -0.25) is 4.79 Å². The van der Waals surface area contributed by atoms with Crippen LogP contribution in [0.15, 0.2) is 58.8 Å². The Labute approximate surface area is 182 Å². The van der Waals surface area contributed by atoms with E-state index in [0.717, 1.165) is 11.4 Å². The van der Waals surface area contributed by atoms with E-state index in [-0.39, 0.29) is 17.2 Å². The number of thioether (sulfide) groups is 1. The fourth-order valence-electron chi connectivity index (χ4n) is 2.69. The summed E-state index contributed by atoms with van der Waals surface area (Å²) < 4.78 is 1.97. The fraction of sp³-hybridized carbons (Fsp3) is 0.150. The first-order valence-electron chi connectivity index (χ1n) is 9.00. The second kappa shape index (κ2) is 10.0. The molecule has 0 aliphatic heterocycles. The number of hydrogen-bond donors (Lipinski definition) is 3. The molecular weight excluding hydrogens is 426 g/mol. The van der Waals surface area contributed by atoms with Gasteiger partial charge in [0.05, 0.1) is 34.7 Å². The van der Waals surface area contributed by atoms with Crippen LogP contribution in [0.4, 0.5) is 0 Å². The minimum atomic E-state index is -1.06. The lowest BCUT2D eigenvalue weighted by molar-refractivity contribution is -0.719. The van der Waals surface area contributed by atoms with Crippen LogP contribution in [0.5, 0.6) is 0 Å². The number of nitrogens with one attached hydrogen (secondary N) is 2. The Morgan fingerprint density at radius 2 is 2.00 bits per heavy atom. The molecule has 0 saturated carbocycles. The molecule has 1 aromatic heterocycles. The van der Waals surface area contributed by atoms with Crippen LogP contribution in [0.1, 0.15) is 22.8 Å². The van der Waals surface area contributed by atoms with E-state index >= 15 is 0 Å². The number of H-pyrrole nitrogens is 1. The van der Waals surface area contributed by atoms with E-state index in [0.29, 0.717) is 22.3 Å². The summed E-state index contributed by atoms with van der Waals surface area (Å²) in [6, 6.07) is 13.8. The van der Waals surface area contributed by atoms with Crippen LogP contribution in [0.3, 0.4) is 0 Å². The SMILES string of the molecule is CC[n+]1c(SCC(=O)NN=Cc2ccccc2C(=O)O)n[nH]c1-c1ccc(Cl)cc1. The average Bonchev–Trinajstić information content (AvgIpc) is 3.16. The minimum Gasteiger partial charge on any atom is -0.478 e. The zero-order valence-electron chi connectivity index (χ0n) is 16.0. The molecule has 2 aromatic carbocycles. The van der Waals surface area contributed by atoms with Crippen molar-refractivity contribution in [3.8, 4) is 11.4 Å². The standard InChI is InChI=1S/C20H18ClN5O3S/c1-2-26-18(13-7-9-15(21)10-8-13)24-25-20(26)30-12-17(27)23-22-11-14-5-3-4-6-16(14)19(28)29/h3-11H,2,12H2,1H3,(H2,23,27,28,29)/p+1. The molecule has 0 spiro atoms. The van der Waals surface area contributed by atoms with Gasteiger partial charge in [0.25, 0.3) is 11.7 Å². The number of aromatic amines is 1. The Morgan fingerprint density at radius 1 is 1.27 bits per heavy atom. The number of nitrogens with zero attached hydrogens (tertiary/aromatic N) is 3. The molecule has 3 N–H and O–H groups in total. The summed E-state index contributed by atoms with van der Waals surface area (Å²) >= 11 is 7.21. The van der Waals surface area contributed by atoms with Crippen molar-refractivity contribution in [2.45, 2.75) is 18.6 Å². The highest BCUT2D eigenvalue weighted by Gasteiger charge is 2.21. The predicted molar refractivity (Wildman–Crippen MR) is 115 cm³/mol. The van der Waals surface area contributed by atoms with Crippen LogP contribution >= 0.6 is 23.4 Å². The Bertz CT molecular complexity index is 1080. The molecule has 0 radical (unpaired) electrons. The first kappa shape index (κ1) is 21.5. The number of carbonyl (C=O) groups excluding carboxylic acids is 1. The molecule has 0 aliphatic carbocycles. The molecule has 3 aromatic rings. The molecule has 10 heteroatoms. The number of carbonyl (C=O) groups is 2. The highest BCUT2D eigenvalue weighted by atomic mass is 35.5. The van der Waals surface area contributed by atoms with Crippen molar-refractivity contribution in [3.05, 3.63) is 64.7 Å². The quantitative estimate of drug-likeness (QED) is 0.214. The van der Waals surface area contributed by atoms with Gasteiger partial charge >= 0.3 is 11.1 Å². The second-order valence-corrected chi connectivity index (χ2v) is 7.46. The maximum absolute atomic E-state index is 12.1. The van der Waals surface area contributed by atoms with Gasteiger partial charge in [-0.2, -0.15) is 5.10 Å². The first-order chi connectivity index (χ1) is 14.5. The fourth-order valence-corrected chi connectivity index (χ4v) is 3.63. The van der Waals surface area contributed by atoms with Crippen molar-refractivity contribution in [1.82, 2.24) is 15.6 Å². The summed E-state index contributed by atoms with van der Waals surface area (Å²) in [4.78, 5) is 23.3. The normalized spacial score (nSPS) is 11.0. The van der Waals surface area contributed by atoms with E-state index < -0.39 is 5.97 Å². The van der Waals surface area contributed by atoms with Gasteiger partial charge < -0.3 is 5.11 Å². The van der Waals surface area contributed by atoms with Crippen molar-refractivity contribution < 1.29 is 19.3 Å². The van der Waals surface area contributed by atoms with Gasteiger partial charge in [0, 0.05) is 10.6 Å². The van der Waals surface area contributed by atoms with Crippen molar-refractivity contribution in [3.63, 3.8) is 0 Å². The number of aromatic carboxylic acids is 1. The highest BCUT2D eigenvalue weighted by Crippen LogP contribution is 2.19. The van der Waals surface area contributed by atoms with E-state index in [1.54, 1.807) is 30.3 Å². The number of hydrogen-bond acceptors (Lipinski definition) is 5. The zero-order chi connectivity index (χ0) is 21.5. The van der Waals surface area contributed by atoms with E-state index in [1.165, 1.54) is 24.0 Å². The van der Waals surface area contributed by atoms with Gasteiger partial charge in [0.15, 0.2) is 0 Å². The van der Waals surface area contributed by atoms with Crippen molar-refractivity contribution in [2.24, 2.45) is 5.10 Å². The smallest absolute Gasteiger partial charge is 0.337 e. The number of benzene rings is 2. The Hall–Kier alpha value is -3.17. The lowest BCUT2D eigenvalue weighted by atomic mass is 10.1. The molecule has 3 rings (SSSR count). The molecule has 0 aliphatic rings. The van der Waals surface area contributed by atoms with Gasteiger partial charge in [-0.15, -0.1) is 5.10 Å². The molecule has 0 saturated heterocycles. The lowest BCUT2D eigenvalue weighted by Gasteiger charge is -2.02. The Morgan fingerprint density at radius 3 is 2.70 bits per heavy atom. The summed E-state index contributed by atoms with van der Waals surface area (Å²) in [7, 11) is 0. The number of hydrazone groups is 1. The van der Waals surface area contributed by atoms with Gasteiger partial charge in [-0.1, -0.05) is 29.8 Å². The molecule has 0 atom stereocenters. The summed E-state index contributed by atoms with van der Waals surface area (Å²) in [5, 5.41) is 21.6. The van der Waals surface area contributed by atoms with E-state index in [4.69, 9.17) is 16.7 Å². The zero-order valence-corrected chi connectivity index (χ0v) is 17.6. The minimum absolute atomic E-state index is 0.100. The molecule has 8 nitrogen and oxygen atoms in total. The van der Waals surface area contributed by atoms with Crippen molar-refractivity contribution >= 4 is 41.5 Å². The van der Waals surface area contributed by atoms with Gasteiger partial charge in [-0.05, 0) is 49.0 Å². The average molecular weight is 445 g/mol. The van der Waals surface area contributed by atoms with Crippen LogP contribution in [0.2, 0.25) is 5.02 Å². The lowest BCUT2D eigenvalue weighted by Crippen LogP contribution is -2.36. The number of amides is 1. The van der Waals surface area contributed by atoms with E-state index in [1.807, 2.05) is 23.6 Å². The maximum atomic E-state index is 12.1. The third kappa shape index (κ3) is 5.25. The topological polar surface area (TPSA) is 111 Å². The van der Waals surface area contributed by atoms with Crippen molar-refractivity contribution in [2.75, 3.05) is 5.75 Å². The number of carboxylic acid groups (broad SMARTS) is 1. The number of carboxylic acids is 1. The second-order valence-electron chi connectivity index (χ2n) is 6.08. The number of rotatable bonds is 8. The summed E-state index contributed by atoms with van der Waals surface area (Å²) in [6.07, 6.45) is 1.31. The van der Waals surface area contributed by atoms with Gasteiger partial charge in [-0.25, -0.2) is 14.8 Å². The molecule has 0 fully saturated rings. The third-order valence-electron chi connectivity index (χ3n) is 4.11. The van der Waals surface area contributed by atoms with Crippen LogP contribution < -0.4 is 9.99 Å². The summed E-state index contributed by atoms with van der Waals surface area (Å²) in [5.41, 5.74) is 3.86. The van der Waals surface area contributed by atoms with Crippen LogP contribution in [0, 0.1) is 0 Å². The molecule has 1 heterocycles. The van der Waals surface area contributed by atoms with E-state index in [2.05, 4.69) is 20.7 Å². The molecule has 1 amide bonds. The third-order valence-corrected chi connectivity index (χ3v) is 5.34. The van der Waals surface area contributed by atoms with Crippen LogP contribution in [0.25, 0.3) is 11.4 Å². The molecular formula is C20H19ClN5O3S+. The predicted octanol–water partition coefficient (Wildman–Crippen LogP) is 2.98. The maximum Gasteiger partial charge on any atom is 0.337 e. The number of aromatic nitrogens is 3. The Kier molecular flexibility index (Phi) is 7.21. The summed E-state index contributed by atoms with van der Waals surface area (Å²) in [5.74, 6) is -0.468. The van der Waals surface area contributed by atoms with Crippen LogP contribution in [-0.2, 0) is 11.3 Å². The first-order valence-corrected chi connectivity index (χ1v) is 10.4. The van der Waals surface area contributed by atoms with Gasteiger partial charge in [0.1, 0.15) is 0 Å². The Balaban J connectivity index is 1.61.